The Balaban J connectivity index is 1.37. The van der Waals surface area contributed by atoms with Crippen molar-refractivity contribution in [2.75, 3.05) is 0 Å². The minimum atomic E-state index is -0.304. The van der Waals surface area contributed by atoms with E-state index >= 15 is 0 Å². The van der Waals surface area contributed by atoms with Gasteiger partial charge in [0.2, 0.25) is 0 Å². The molecule has 4 aromatic rings. The van der Waals surface area contributed by atoms with E-state index in [-0.39, 0.29) is 11.7 Å². The molecule has 0 aliphatic rings. The molecule has 1 N–H and O–H groups in total. The Labute approximate surface area is 184 Å². The second-order valence-electron chi connectivity index (χ2n) is 7.14. The normalized spacial score (nSPS) is 10.8. The highest BCUT2D eigenvalue weighted by molar-refractivity contribution is 7.12. The van der Waals surface area contributed by atoms with Crippen molar-refractivity contribution in [3.8, 4) is 11.4 Å². The number of nitrogens with one attached hydrogen (secondary N) is 1. The zero-order chi connectivity index (χ0) is 21.8. The van der Waals surface area contributed by atoms with E-state index in [9.17, 15) is 9.18 Å². The van der Waals surface area contributed by atoms with Gasteiger partial charge in [-0.25, -0.2) is 9.07 Å². The number of carbonyl (C=O) groups is 1. The third-order valence-electron chi connectivity index (χ3n) is 4.96. The van der Waals surface area contributed by atoms with Crippen LogP contribution in [0, 0.1) is 19.7 Å². The molecule has 2 aromatic carbocycles. The quantitative estimate of drug-likeness (QED) is 0.434. The SMILES string of the molecule is Cc1nn(-c2ccccc2)c(C)c1CNC(=O)c1cc(COc2ccc(F)cc2)cs1. The van der Waals surface area contributed by atoms with Crippen molar-refractivity contribution in [1.82, 2.24) is 15.1 Å². The topological polar surface area (TPSA) is 56.2 Å². The predicted octanol–water partition coefficient (Wildman–Crippen LogP) is 5.20. The van der Waals surface area contributed by atoms with E-state index in [2.05, 4.69) is 10.4 Å². The predicted molar refractivity (Wildman–Crippen MR) is 119 cm³/mol. The van der Waals surface area contributed by atoms with Crippen molar-refractivity contribution < 1.29 is 13.9 Å². The first-order valence-electron chi connectivity index (χ1n) is 9.86. The van der Waals surface area contributed by atoms with Crippen LogP contribution in [0.4, 0.5) is 4.39 Å². The van der Waals surface area contributed by atoms with E-state index in [1.54, 1.807) is 12.1 Å². The van der Waals surface area contributed by atoms with Gasteiger partial charge in [0.05, 0.1) is 16.3 Å². The molecule has 2 aromatic heterocycles. The first-order valence-corrected chi connectivity index (χ1v) is 10.7. The van der Waals surface area contributed by atoms with Gasteiger partial charge in [0.1, 0.15) is 18.2 Å². The average molecular weight is 436 g/mol. The molecule has 0 unspecified atom stereocenters. The van der Waals surface area contributed by atoms with Crippen LogP contribution in [0.2, 0.25) is 0 Å². The monoisotopic (exact) mass is 435 g/mol. The summed E-state index contributed by atoms with van der Waals surface area (Å²) in [6.07, 6.45) is 0. The lowest BCUT2D eigenvalue weighted by atomic mass is 10.2. The molecule has 1 amide bonds. The number of rotatable bonds is 7. The Hall–Kier alpha value is -3.45. The summed E-state index contributed by atoms with van der Waals surface area (Å²) in [7, 11) is 0. The summed E-state index contributed by atoms with van der Waals surface area (Å²) in [4.78, 5) is 13.2. The van der Waals surface area contributed by atoms with Crippen LogP contribution >= 0.6 is 11.3 Å². The standard InChI is InChI=1S/C24H22FN3O2S/c1-16-22(17(2)28(27-16)20-6-4-3-5-7-20)13-26-24(29)23-12-18(15-31-23)14-30-21-10-8-19(25)9-11-21/h3-12,15H,13-14H2,1-2H3,(H,26,29). The number of aryl methyl sites for hydroxylation is 1. The number of aromatic nitrogens is 2. The molecule has 4 rings (SSSR count). The number of carbonyl (C=O) groups excluding carboxylic acids is 1. The molecule has 0 radical (unpaired) electrons. The number of benzene rings is 2. The van der Waals surface area contributed by atoms with Gasteiger partial charge in [-0.05, 0) is 61.7 Å². The summed E-state index contributed by atoms with van der Waals surface area (Å²) >= 11 is 1.37. The lowest BCUT2D eigenvalue weighted by molar-refractivity contribution is 0.0955. The number of nitrogens with zero attached hydrogens (tertiary/aromatic N) is 2. The highest BCUT2D eigenvalue weighted by Gasteiger charge is 2.15. The van der Waals surface area contributed by atoms with Gasteiger partial charge in [-0.1, -0.05) is 18.2 Å². The van der Waals surface area contributed by atoms with E-state index in [4.69, 9.17) is 4.74 Å². The van der Waals surface area contributed by atoms with Crippen LogP contribution in [0.1, 0.15) is 32.2 Å². The van der Waals surface area contributed by atoms with Crippen molar-refractivity contribution in [3.05, 3.63) is 99.3 Å². The van der Waals surface area contributed by atoms with Crippen LogP contribution < -0.4 is 10.1 Å². The molecule has 0 saturated heterocycles. The molecule has 5 nitrogen and oxygen atoms in total. The van der Waals surface area contributed by atoms with Crippen molar-refractivity contribution in [3.63, 3.8) is 0 Å². The third kappa shape index (κ3) is 4.83. The number of para-hydroxylation sites is 1. The summed E-state index contributed by atoms with van der Waals surface area (Å²) < 4.78 is 20.5. The summed E-state index contributed by atoms with van der Waals surface area (Å²) in [5, 5.41) is 9.50. The first kappa shape index (κ1) is 20.8. The maximum Gasteiger partial charge on any atom is 0.261 e. The van der Waals surface area contributed by atoms with Crippen molar-refractivity contribution >= 4 is 17.2 Å². The van der Waals surface area contributed by atoms with Crippen LogP contribution in [0.3, 0.4) is 0 Å². The van der Waals surface area contributed by atoms with Gasteiger partial charge in [-0.2, -0.15) is 5.10 Å². The molecule has 31 heavy (non-hydrogen) atoms. The average Bonchev–Trinajstić information content (AvgIpc) is 3.37. The lowest BCUT2D eigenvalue weighted by Gasteiger charge is -2.06. The largest absolute Gasteiger partial charge is 0.489 e. The Kier molecular flexibility index (Phi) is 6.13. The molecule has 2 heterocycles. The molecule has 0 atom stereocenters. The van der Waals surface area contributed by atoms with Crippen LogP contribution in [0.15, 0.2) is 66.0 Å². The molecular formula is C24H22FN3O2S. The van der Waals surface area contributed by atoms with Gasteiger partial charge in [0.15, 0.2) is 0 Å². The van der Waals surface area contributed by atoms with Gasteiger partial charge in [-0.3, -0.25) is 4.79 Å². The molecular weight excluding hydrogens is 413 g/mol. The van der Waals surface area contributed by atoms with E-state index in [1.807, 2.05) is 60.3 Å². The Morgan fingerprint density at radius 2 is 1.87 bits per heavy atom. The van der Waals surface area contributed by atoms with Gasteiger partial charge in [0, 0.05) is 23.4 Å². The molecule has 0 spiro atoms. The lowest BCUT2D eigenvalue weighted by Crippen LogP contribution is -2.22. The maximum atomic E-state index is 13.0. The zero-order valence-corrected chi connectivity index (χ0v) is 18.1. The first-order chi connectivity index (χ1) is 15.0. The summed E-state index contributed by atoms with van der Waals surface area (Å²) in [5.74, 6) is 0.144. The van der Waals surface area contributed by atoms with E-state index in [0.717, 1.165) is 28.2 Å². The fraction of sp³-hybridized carbons (Fsp3) is 0.167. The number of hydrogen-bond donors (Lipinski definition) is 1. The van der Waals surface area contributed by atoms with E-state index in [1.165, 1.54) is 23.5 Å². The van der Waals surface area contributed by atoms with E-state index in [0.29, 0.717) is 23.8 Å². The molecule has 0 aliphatic heterocycles. The Morgan fingerprint density at radius 3 is 2.61 bits per heavy atom. The minimum Gasteiger partial charge on any atom is -0.489 e. The minimum absolute atomic E-state index is 0.135. The Bertz CT molecular complexity index is 1180. The molecule has 7 heteroatoms. The third-order valence-corrected chi connectivity index (χ3v) is 5.94. The van der Waals surface area contributed by atoms with Crippen LogP contribution in [0.25, 0.3) is 5.69 Å². The smallest absolute Gasteiger partial charge is 0.261 e. The van der Waals surface area contributed by atoms with Gasteiger partial charge >= 0.3 is 0 Å². The van der Waals surface area contributed by atoms with Crippen LogP contribution in [-0.2, 0) is 13.2 Å². The second kappa shape index (κ2) is 9.14. The molecule has 0 bridgehead atoms. The zero-order valence-electron chi connectivity index (χ0n) is 17.3. The summed E-state index contributed by atoms with van der Waals surface area (Å²) in [6, 6.07) is 17.6. The fourth-order valence-corrected chi connectivity index (χ4v) is 4.09. The number of ether oxygens (including phenoxy) is 1. The van der Waals surface area contributed by atoms with Gasteiger partial charge in [-0.15, -0.1) is 11.3 Å². The van der Waals surface area contributed by atoms with Crippen LogP contribution in [0.5, 0.6) is 5.75 Å². The number of hydrogen-bond acceptors (Lipinski definition) is 4. The number of halogens is 1. The molecule has 0 saturated carbocycles. The van der Waals surface area contributed by atoms with Crippen molar-refractivity contribution in [1.29, 1.82) is 0 Å². The highest BCUT2D eigenvalue weighted by atomic mass is 32.1. The number of thiophene rings is 1. The summed E-state index contributed by atoms with van der Waals surface area (Å²) in [5.41, 5.74) is 4.78. The molecule has 0 aliphatic carbocycles. The van der Waals surface area contributed by atoms with Gasteiger partial charge < -0.3 is 10.1 Å². The van der Waals surface area contributed by atoms with Crippen molar-refractivity contribution in [2.24, 2.45) is 0 Å². The van der Waals surface area contributed by atoms with Gasteiger partial charge in [0.25, 0.3) is 5.91 Å². The highest BCUT2D eigenvalue weighted by Crippen LogP contribution is 2.20. The van der Waals surface area contributed by atoms with Crippen LogP contribution in [-0.4, -0.2) is 15.7 Å². The van der Waals surface area contributed by atoms with Crippen molar-refractivity contribution in [2.45, 2.75) is 27.0 Å². The number of amides is 1. The fourth-order valence-electron chi connectivity index (χ4n) is 3.28. The maximum absolute atomic E-state index is 13.0. The Morgan fingerprint density at radius 1 is 1.13 bits per heavy atom. The van der Waals surface area contributed by atoms with E-state index < -0.39 is 0 Å². The molecule has 0 fully saturated rings. The second-order valence-corrected chi connectivity index (χ2v) is 8.05. The summed E-state index contributed by atoms with van der Waals surface area (Å²) in [6.45, 7) is 4.68. The molecule has 158 valence electrons.